The zero-order chi connectivity index (χ0) is 18.1. The summed E-state index contributed by atoms with van der Waals surface area (Å²) >= 11 is 0. The van der Waals surface area contributed by atoms with E-state index in [9.17, 15) is 14.7 Å². The lowest BCUT2D eigenvalue weighted by Crippen LogP contribution is -2.43. The molecule has 0 radical (unpaired) electrons. The van der Waals surface area contributed by atoms with Gasteiger partial charge in [0.05, 0.1) is 6.54 Å². The Morgan fingerprint density at radius 3 is 2.81 bits per heavy atom. The molecule has 0 fully saturated rings. The number of para-hydroxylation sites is 1. The first-order valence-electron chi connectivity index (χ1n) is 8.78. The van der Waals surface area contributed by atoms with Crippen molar-refractivity contribution in [2.45, 2.75) is 24.9 Å². The number of carbonyl (C=O) groups excluding carboxylic acids is 1. The van der Waals surface area contributed by atoms with Crippen LogP contribution in [-0.4, -0.2) is 22.5 Å². The van der Waals surface area contributed by atoms with E-state index in [0.29, 0.717) is 17.3 Å². The SMILES string of the molecule is O=C(NC[C@]1(O)CCCc2ccccc21)c1c[nH]c2ccccc2c1=O. The third-order valence-corrected chi connectivity index (χ3v) is 5.13. The van der Waals surface area contributed by atoms with Gasteiger partial charge in [0.2, 0.25) is 5.43 Å². The van der Waals surface area contributed by atoms with Crippen LogP contribution in [0.25, 0.3) is 10.9 Å². The first kappa shape index (κ1) is 16.5. The summed E-state index contributed by atoms with van der Waals surface area (Å²) in [6.45, 7) is 0.0785. The van der Waals surface area contributed by atoms with Crippen LogP contribution in [0.1, 0.15) is 34.3 Å². The van der Waals surface area contributed by atoms with E-state index in [0.717, 1.165) is 24.0 Å². The van der Waals surface area contributed by atoms with E-state index in [1.165, 1.54) is 6.20 Å². The number of hydrogen-bond acceptors (Lipinski definition) is 3. The quantitative estimate of drug-likeness (QED) is 0.680. The molecule has 26 heavy (non-hydrogen) atoms. The summed E-state index contributed by atoms with van der Waals surface area (Å²) in [7, 11) is 0. The van der Waals surface area contributed by atoms with Crippen molar-refractivity contribution in [2.75, 3.05) is 6.54 Å². The fourth-order valence-corrected chi connectivity index (χ4v) is 3.74. The lowest BCUT2D eigenvalue weighted by molar-refractivity contribution is 0.0189. The minimum absolute atomic E-state index is 0.0522. The molecular weight excluding hydrogens is 328 g/mol. The Morgan fingerprint density at radius 2 is 1.92 bits per heavy atom. The van der Waals surface area contributed by atoms with Gasteiger partial charge in [-0.05, 0) is 42.5 Å². The smallest absolute Gasteiger partial charge is 0.256 e. The second-order valence-corrected chi connectivity index (χ2v) is 6.80. The molecule has 3 N–H and O–H groups in total. The van der Waals surface area contributed by atoms with Crippen LogP contribution < -0.4 is 10.7 Å². The van der Waals surface area contributed by atoms with Gasteiger partial charge in [-0.15, -0.1) is 0 Å². The Bertz CT molecular complexity index is 1040. The first-order valence-corrected chi connectivity index (χ1v) is 8.78. The highest BCUT2D eigenvalue weighted by molar-refractivity contribution is 5.97. The van der Waals surface area contributed by atoms with Crippen molar-refractivity contribution < 1.29 is 9.90 Å². The molecule has 0 aliphatic heterocycles. The predicted molar refractivity (Wildman–Crippen MR) is 100 cm³/mol. The number of hydrogen-bond donors (Lipinski definition) is 3. The fraction of sp³-hybridized carbons (Fsp3) is 0.238. The van der Waals surface area contributed by atoms with E-state index in [4.69, 9.17) is 0 Å². The molecule has 1 aliphatic carbocycles. The van der Waals surface area contributed by atoms with Gasteiger partial charge in [0.25, 0.3) is 5.91 Å². The van der Waals surface area contributed by atoms with Gasteiger partial charge >= 0.3 is 0 Å². The standard InChI is InChI=1S/C21H20N2O3/c24-19-15-8-2-4-10-18(15)22-12-16(19)20(25)23-13-21(26)11-5-7-14-6-1-3-9-17(14)21/h1-4,6,8-10,12,26H,5,7,11,13H2,(H,22,24)(H,23,25)/t21-/m1/s1. The molecule has 4 rings (SSSR count). The molecular formula is C21H20N2O3. The minimum atomic E-state index is -1.10. The van der Waals surface area contributed by atoms with Gasteiger partial charge in [-0.25, -0.2) is 0 Å². The number of rotatable bonds is 3. The maximum Gasteiger partial charge on any atom is 0.256 e. The molecule has 0 saturated carbocycles. The number of H-pyrrole nitrogens is 1. The van der Waals surface area contributed by atoms with Crippen LogP contribution in [0.3, 0.4) is 0 Å². The van der Waals surface area contributed by atoms with Gasteiger partial charge < -0.3 is 15.4 Å². The maximum atomic E-state index is 12.6. The summed E-state index contributed by atoms with van der Waals surface area (Å²) in [5, 5.41) is 14.3. The highest BCUT2D eigenvalue weighted by atomic mass is 16.3. The average Bonchev–Trinajstić information content (AvgIpc) is 2.67. The van der Waals surface area contributed by atoms with Gasteiger partial charge in [-0.3, -0.25) is 9.59 Å². The van der Waals surface area contributed by atoms with Crippen LogP contribution in [0.2, 0.25) is 0 Å². The van der Waals surface area contributed by atoms with Crippen LogP contribution in [0, 0.1) is 0 Å². The van der Waals surface area contributed by atoms with Crippen molar-refractivity contribution in [3.05, 3.63) is 81.6 Å². The van der Waals surface area contributed by atoms with Gasteiger partial charge in [-0.2, -0.15) is 0 Å². The van der Waals surface area contributed by atoms with Gasteiger partial charge in [0.1, 0.15) is 11.2 Å². The van der Waals surface area contributed by atoms with Gasteiger partial charge in [-0.1, -0.05) is 36.4 Å². The molecule has 5 nitrogen and oxygen atoms in total. The minimum Gasteiger partial charge on any atom is -0.383 e. The highest BCUT2D eigenvalue weighted by Crippen LogP contribution is 2.34. The number of aliphatic hydroxyl groups is 1. The summed E-state index contributed by atoms with van der Waals surface area (Å²) < 4.78 is 0. The summed E-state index contributed by atoms with van der Waals surface area (Å²) in [5.41, 5.74) is 1.30. The van der Waals surface area contributed by atoms with Crippen LogP contribution in [-0.2, 0) is 12.0 Å². The number of benzene rings is 2. The highest BCUT2D eigenvalue weighted by Gasteiger charge is 2.34. The molecule has 1 aromatic heterocycles. The van der Waals surface area contributed by atoms with Crippen molar-refractivity contribution in [1.82, 2.24) is 10.3 Å². The fourth-order valence-electron chi connectivity index (χ4n) is 3.74. The molecule has 5 heteroatoms. The molecule has 1 aliphatic rings. The van der Waals surface area contributed by atoms with Crippen LogP contribution in [0.4, 0.5) is 0 Å². The predicted octanol–water partition coefficient (Wildman–Crippen LogP) is 2.48. The van der Waals surface area contributed by atoms with Crippen molar-refractivity contribution in [2.24, 2.45) is 0 Å². The number of pyridine rings is 1. The van der Waals surface area contributed by atoms with Crippen molar-refractivity contribution >= 4 is 16.8 Å². The number of aromatic nitrogens is 1. The Morgan fingerprint density at radius 1 is 1.15 bits per heavy atom. The first-order chi connectivity index (χ1) is 12.6. The Kier molecular flexibility index (Phi) is 4.09. The molecule has 0 spiro atoms. The van der Waals surface area contributed by atoms with E-state index >= 15 is 0 Å². The third-order valence-electron chi connectivity index (χ3n) is 5.13. The molecule has 0 bridgehead atoms. The van der Waals surface area contributed by atoms with Crippen LogP contribution in [0.15, 0.2) is 59.5 Å². The van der Waals surface area contributed by atoms with E-state index in [-0.39, 0.29) is 17.5 Å². The molecule has 1 heterocycles. The van der Waals surface area contributed by atoms with E-state index in [1.807, 2.05) is 30.3 Å². The van der Waals surface area contributed by atoms with Crippen LogP contribution in [0.5, 0.6) is 0 Å². The number of aryl methyl sites for hydroxylation is 1. The van der Waals surface area contributed by atoms with E-state index < -0.39 is 11.5 Å². The molecule has 1 amide bonds. The van der Waals surface area contributed by atoms with Crippen molar-refractivity contribution in [1.29, 1.82) is 0 Å². The summed E-state index contributed by atoms with van der Waals surface area (Å²) in [5.74, 6) is -0.478. The second-order valence-electron chi connectivity index (χ2n) is 6.80. The maximum absolute atomic E-state index is 12.6. The third kappa shape index (κ3) is 2.80. The second kappa shape index (κ2) is 6.42. The number of aromatic amines is 1. The van der Waals surface area contributed by atoms with E-state index in [2.05, 4.69) is 10.3 Å². The number of fused-ring (bicyclic) bond motifs is 2. The molecule has 1 atom stereocenters. The lowest BCUT2D eigenvalue weighted by atomic mass is 9.79. The van der Waals surface area contributed by atoms with Crippen molar-refractivity contribution in [3.63, 3.8) is 0 Å². The summed E-state index contributed by atoms with van der Waals surface area (Å²) in [6.07, 6.45) is 3.80. The Labute approximate surface area is 150 Å². The average molecular weight is 348 g/mol. The topological polar surface area (TPSA) is 82.2 Å². The molecule has 132 valence electrons. The van der Waals surface area contributed by atoms with Gasteiger partial charge in [0.15, 0.2) is 0 Å². The van der Waals surface area contributed by atoms with Crippen LogP contribution >= 0.6 is 0 Å². The number of amides is 1. The number of carbonyl (C=O) groups is 1. The normalized spacial score (nSPS) is 19.1. The molecule has 0 saturated heterocycles. The molecule has 3 aromatic rings. The Balaban J connectivity index is 1.59. The largest absolute Gasteiger partial charge is 0.383 e. The monoisotopic (exact) mass is 348 g/mol. The zero-order valence-electron chi connectivity index (χ0n) is 14.3. The summed E-state index contributed by atoms with van der Waals surface area (Å²) in [4.78, 5) is 28.1. The Hall–Kier alpha value is -2.92. The number of nitrogens with one attached hydrogen (secondary N) is 2. The van der Waals surface area contributed by atoms with Crippen molar-refractivity contribution in [3.8, 4) is 0 Å². The molecule has 2 aromatic carbocycles. The molecule has 0 unspecified atom stereocenters. The van der Waals surface area contributed by atoms with E-state index in [1.54, 1.807) is 18.2 Å². The summed E-state index contributed by atoms with van der Waals surface area (Å²) in [6, 6.07) is 14.8. The van der Waals surface area contributed by atoms with Gasteiger partial charge in [0, 0.05) is 17.1 Å². The lowest BCUT2D eigenvalue weighted by Gasteiger charge is -2.34. The zero-order valence-corrected chi connectivity index (χ0v) is 14.3.